The lowest BCUT2D eigenvalue weighted by atomic mass is 10.0. The molecule has 0 unspecified atom stereocenters. The highest BCUT2D eigenvalue weighted by atomic mass is 15.3. The molecule has 1 aliphatic heterocycles. The SMILES string of the molecule is CCC(CC)CNc1ccc(N2CCN(C(C)C)CC2)cc1. The van der Waals surface area contributed by atoms with E-state index in [1.807, 2.05) is 0 Å². The van der Waals surface area contributed by atoms with Crippen LogP contribution in [0.25, 0.3) is 0 Å². The van der Waals surface area contributed by atoms with Gasteiger partial charge in [0.15, 0.2) is 0 Å². The maximum atomic E-state index is 3.57. The second-order valence-corrected chi connectivity index (χ2v) is 6.73. The smallest absolute Gasteiger partial charge is 0.0368 e. The maximum absolute atomic E-state index is 3.57. The van der Waals surface area contributed by atoms with E-state index in [0.717, 1.165) is 25.6 Å². The summed E-state index contributed by atoms with van der Waals surface area (Å²) in [5, 5.41) is 3.57. The summed E-state index contributed by atoms with van der Waals surface area (Å²) >= 11 is 0. The molecule has 1 aromatic carbocycles. The minimum atomic E-state index is 0.666. The van der Waals surface area contributed by atoms with Crippen LogP contribution in [0.15, 0.2) is 24.3 Å². The Labute approximate surface area is 136 Å². The summed E-state index contributed by atoms with van der Waals surface area (Å²) < 4.78 is 0. The summed E-state index contributed by atoms with van der Waals surface area (Å²) in [6, 6.07) is 9.65. The standard InChI is InChI=1S/C19H33N3/c1-5-17(6-2)15-20-18-7-9-19(10-8-18)22-13-11-21(12-14-22)16(3)4/h7-10,16-17,20H,5-6,11-15H2,1-4H3. The lowest BCUT2D eigenvalue weighted by Gasteiger charge is -2.38. The summed E-state index contributed by atoms with van der Waals surface area (Å²) in [7, 11) is 0. The van der Waals surface area contributed by atoms with Crippen LogP contribution in [-0.2, 0) is 0 Å². The quantitative estimate of drug-likeness (QED) is 0.819. The van der Waals surface area contributed by atoms with Crippen molar-refractivity contribution in [1.29, 1.82) is 0 Å². The summed E-state index contributed by atoms with van der Waals surface area (Å²) in [6.45, 7) is 14.8. The largest absolute Gasteiger partial charge is 0.385 e. The first-order valence-electron chi connectivity index (χ1n) is 8.97. The van der Waals surface area contributed by atoms with Crippen molar-refractivity contribution in [2.75, 3.05) is 42.9 Å². The van der Waals surface area contributed by atoms with E-state index in [9.17, 15) is 0 Å². The average Bonchev–Trinajstić information content (AvgIpc) is 2.56. The van der Waals surface area contributed by atoms with E-state index < -0.39 is 0 Å². The number of anilines is 2. The molecular weight excluding hydrogens is 270 g/mol. The molecule has 1 heterocycles. The molecular formula is C19H33N3. The second-order valence-electron chi connectivity index (χ2n) is 6.73. The number of nitrogens with one attached hydrogen (secondary N) is 1. The second kappa shape index (κ2) is 8.42. The van der Waals surface area contributed by atoms with Crippen LogP contribution in [0, 0.1) is 5.92 Å². The van der Waals surface area contributed by atoms with Crippen molar-refractivity contribution in [2.45, 2.75) is 46.6 Å². The summed E-state index contributed by atoms with van der Waals surface area (Å²) in [5.41, 5.74) is 2.60. The third-order valence-corrected chi connectivity index (χ3v) is 5.03. The van der Waals surface area contributed by atoms with Crippen LogP contribution in [0.2, 0.25) is 0 Å². The van der Waals surface area contributed by atoms with Crippen LogP contribution in [0.5, 0.6) is 0 Å². The molecule has 1 aromatic rings. The van der Waals surface area contributed by atoms with Crippen molar-refractivity contribution in [3.8, 4) is 0 Å². The highest BCUT2D eigenvalue weighted by molar-refractivity contribution is 5.55. The molecule has 0 radical (unpaired) electrons. The molecule has 3 heteroatoms. The number of hydrogen-bond donors (Lipinski definition) is 1. The Morgan fingerprint density at radius 1 is 0.955 bits per heavy atom. The summed E-state index contributed by atoms with van der Waals surface area (Å²) in [6.07, 6.45) is 2.50. The number of rotatable bonds is 7. The first-order chi connectivity index (χ1) is 10.6. The Morgan fingerprint density at radius 3 is 2.05 bits per heavy atom. The predicted molar refractivity (Wildman–Crippen MR) is 97.9 cm³/mol. The van der Waals surface area contributed by atoms with Gasteiger partial charge in [0.1, 0.15) is 0 Å². The first kappa shape index (κ1) is 17.1. The molecule has 0 spiro atoms. The number of piperazine rings is 1. The van der Waals surface area contributed by atoms with E-state index in [1.165, 1.54) is 37.3 Å². The van der Waals surface area contributed by atoms with Crippen LogP contribution < -0.4 is 10.2 Å². The van der Waals surface area contributed by atoms with E-state index in [-0.39, 0.29) is 0 Å². The van der Waals surface area contributed by atoms with Crippen molar-refractivity contribution in [3.63, 3.8) is 0 Å². The summed E-state index contributed by atoms with van der Waals surface area (Å²) in [5.74, 6) is 0.781. The Morgan fingerprint density at radius 2 is 1.55 bits per heavy atom. The molecule has 124 valence electrons. The monoisotopic (exact) mass is 303 g/mol. The number of benzene rings is 1. The lowest BCUT2D eigenvalue weighted by Crippen LogP contribution is -2.48. The Balaban J connectivity index is 1.84. The fourth-order valence-electron chi connectivity index (χ4n) is 3.13. The molecule has 2 rings (SSSR count). The highest BCUT2D eigenvalue weighted by Gasteiger charge is 2.18. The number of nitrogens with zero attached hydrogens (tertiary/aromatic N) is 2. The molecule has 1 fully saturated rings. The maximum Gasteiger partial charge on any atom is 0.0368 e. The van der Waals surface area contributed by atoms with E-state index in [0.29, 0.717) is 6.04 Å². The van der Waals surface area contributed by atoms with E-state index in [1.54, 1.807) is 0 Å². The van der Waals surface area contributed by atoms with Gasteiger partial charge in [0.2, 0.25) is 0 Å². The van der Waals surface area contributed by atoms with Crippen LogP contribution in [0.4, 0.5) is 11.4 Å². The topological polar surface area (TPSA) is 18.5 Å². The zero-order chi connectivity index (χ0) is 15.9. The highest BCUT2D eigenvalue weighted by Crippen LogP contribution is 2.20. The molecule has 0 aliphatic carbocycles. The third kappa shape index (κ3) is 4.64. The van der Waals surface area contributed by atoms with E-state index in [2.05, 4.69) is 67.1 Å². The molecule has 1 aliphatic rings. The van der Waals surface area contributed by atoms with E-state index >= 15 is 0 Å². The summed E-state index contributed by atoms with van der Waals surface area (Å²) in [4.78, 5) is 5.06. The van der Waals surface area contributed by atoms with Gasteiger partial charge in [0, 0.05) is 50.1 Å². The van der Waals surface area contributed by atoms with Crippen molar-refractivity contribution in [2.24, 2.45) is 5.92 Å². The van der Waals surface area contributed by atoms with Gasteiger partial charge < -0.3 is 10.2 Å². The Kier molecular flexibility index (Phi) is 6.56. The van der Waals surface area contributed by atoms with Crippen molar-refractivity contribution >= 4 is 11.4 Å². The van der Waals surface area contributed by atoms with Gasteiger partial charge >= 0.3 is 0 Å². The fourth-order valence-corrected chi connectivity index (χ4v) is 3.13. The molecule has 0 amide bonds. The third-order valence-electron chi connectivity index (χ3n) is 5.03. The normalized spacial score (nSPS) is 16.5. The zero-order valence-corrected chi connectivity index (χ0v) is 14.8. The van der Waals surface area contributed by atoms with Crippen LogP contribution in [0.3, 0.4) is 0 Å². The van der Waals surface area contributed by atoms with Gasteiger partial charge in [-0.1, -0.05) is 26.7 Å². The van der Waals surface area contributed by atoms with Gasteiger partial charge in [-0.15, -0.1) is 0 Å². The lowest BCUT2D eigenvalue weighted by molar-refractivity contribution is 0.209. The number of hydrogen-bond acceptors (Lipinski definition) is 3. The fraction of sp³-hybridized carbons (Fsp3) is 0.684. The average molecular weight is 303 g/mol. The zero-order valence-electron chi connectivity index (χ0n) is 14.8. The van der Waals surface area contributed by atoms with Gasteiger partial charge in [0.25, 0.3) is 0 Å². The molecule has 0 aromatic heterocycles. The van der Waals surface area contributed by atoms with Gasteiger partial charge in [-0.2, -0.15) is 0 Å². The van der Waals surface area contributed by atoms with Crippen LogP contribution >= 0.6 is 0 Å². The van der Waals surface area contributed by atoms with Gasteiger partial charge in [-0.25, -0.2) is 0 Å². The van der Waals surface area contributed by atoms with Crippen LogP contribution in [0.1, 0.15) is 40.5 Å². The molecule has 0 bridgehead atoms. The molecule has 1 N–H and O–H groups in total. The molecule has 0 atom stereocenters. The van der Waals surface area contributed by atoms with E-state index in [4.69, 9.17) is 0 Å². The van der Waals surface area contributed by atoms with Crippen LogP contribution in [-0.4, -0.2) is 43.7 Å². The first-order valence-corrected chi connectivity index (χ1v) is 8.97. The van der Waals surface area contributed by atoms with Gasteiger partial charge in [-0.05, 0) is 44.0 Å². The van der Waals surface area contributed by atoms with Crippen molar-refractivity contribution in [3.05, 3.63) is 24.3 Å². The Bertz CT molecular complexity index is 415. The predicted octanol–water partition coefficient (Wildman–Crippen LogP) is 4.07. The van der Waals surface area contributed by atoms with Crippen molar-refractivity contribution in [1.82, 2.24) is 4.90 Å². The van der Waals surface area contributed by atoms with Gasteiger partial charge in [0.05, 0.1) is 0 Å². The molecule has 22 heavy (non-hydrogen) atoms. The molecule has 1 saturated heterocycles. The van der Waals surface area contributed by atoms with Crippen molar-refractivity contribution < 1.29 is 0 Å². The molecule has 0 saturated carbocycles. The molecule has 3 nitrogen and oxygen atoms in total. The minimum Gasteiger partial charge on any atom is -0.385 e. The Hall–Kier alpha value is -1.22. The van der Waals surface area contributed by atoms with Gasteiger partial charge in [-0.3, -0.25) is 4.90 Å². The minimum absolute atomic E-state index is 0.666.